The Morgan fingerprint density at radius 2 is 1.65 bits per heavy atom. The number of nitrogens with zero attached hydrogens (tertiary/aromatic N) is 2. The Hall–Kier alpha value is -2.87. The molecule has 0 aliphatic carbocycles. The molecule has 0 aliphatic heterocycles. The van der Waals surface area contributed by atoms with Gasteiger partial charge in [-0.1, -0.05) is 17.7 Å². The van der Waals surface area contributed by atoms with E-state index in [4.69, 9.17) is 15.7 Å². The molecule has 0 spiro atoms. The molecule has 2 aromatic carbocycles. The van der Waals surface area contributed by atoms with Crippen molar-refractivity contribution in [2.75, 3.05) is 0 Å². The first-order valence-corrected chi connectivity index (χ1v) is 8.01. The van der Waals surface area contributed by atoms with Gasteiger partial charge >= 0.3 is 10.1 Å². The molecule has 120 valence electrons. The first kappa shape index (κ1) is 16.5. The molecule has 0 atom stereocenters. The molecule has 0 aliphatic rings. The largest absolute Gasteiger partial charge is 0.379 e. The van der Waals surface area contributed by atoms with Crippen molar-refractivity contribution in [1.29, 1.82) is 0 Å². The maximum atomic E-state index is 12.2. The van der Waals surface area contributed by atoms with Crippen LogP contribution in [0.4, 0.5) is 0 Å². The van der Waals surface area contributed by atoms with Crippen molar-refractivity contribution in [2.45, 2.75) is 11.8 Å². The summed E-state index contributed by atoms with van der Waals surface area (Å²) in [5.74, 6) is 0.0509. The molecule has 2 aromatic rings. The van der Waals surface area contributed by atoms with Gasteiger partial charge in [-0.15, -0.1) is 5.10 Å². The van der Waals surface area contributed by atoms with Gasteiger partial charge in [-0.05, 0) is 48.9 Å². The number of benzene rings is 2. The zero-order valence-corrected chi connectivity index (χ0v) is 13.2. The summed E-state index contributed by atoms with van der Waals surface area (Å²) in [6.45, 7) is 1.87. The average Bonchev–Trinajstić information content (AvgIpc) is 2.49. The summed E-state index contributed by atoms with van der Waals surface area (Å²) in [6.07, 6.45) is 1.43. The monoisotopic (exact) mass is 332 g/mol. The molecule has 0 saturated heterocycles. The van der Waals surface area contributed by atoms with Gasteiger partial charge in [-0.2, -0.15) is 13.5 Å². The molecular weight excluding hydrogens is 316 g/mol. The van der Waals surface area contributed by atoms with Crippen molar-refractivity contribution < 1.29 is 12.6 Å². The van der Waals surface area contributed by atoms with Gasteiger partial charge in [-0.25, -0.2) is 0 Å². The fourth-order valence-electron chi connectivity index (χ4n) is 1.65. The van der Waals surface area contributed by atoms with Gasteiger partial charge in [0.1, 0.15) is 10.6 Å². The number of guanidine groups is 1. The Balaban J connectivity index is 2.12. The Kier molecular flexibility index (Phi) is 4.97. The van der Waals surface area contributed by atoms with Crippen LogP contribution in [0.2, 0.25) is 0 Å². The molecule has 0 saturated carbocycles. The Morgan fingerprint density at radius 3 is 2.22 bits per heavy atom. The topological polar surface area (TPSA) is 120 Å². The van der Waals surface area contributed by atoms with E-state index in [9.17, 15) is 8.42 Å². The fraction of sp³-hybridized carbons (Fsp3) is 0.0667. The molecule has 8 heteroatoms. The minimum atomic E-state index is -3.86. The predicted molar refractivity (Wildman–Crippen MR) is 88.8 cm³/mol. The summed E-state index contributed by atoms with van der Waals surface area (Å²) in [7, 11) is -3.86. The molecular formula is C15H16N4O3S. The van der Waals surface area contributed by atoms with Gasteiger partial charge < -0.3 is 15.7 Å². The normalized spacial score (nSPS) is 11.3. The Labute approximate surface area is 134 Å². The summed E-state index contributed by atoms with van der Waals surface area (Å²) in [4.78, 5) is 0.0986. The summed E-state index contributed by atoms with van der Waals surface area (Å²) < 4.78 is 29.4. The smallest absolute Gasteiger partial charge is 0.339 e. The van der Waals surface area contributed by atoms with E-state index in [-0.39, 0.29) is 16.6 Å². The minimum Gasteiger partial charge on any atom is -0.379 e. The third kappa shape index (κ3) is 4.82. The van der Waals surface area contributed by atoms with Gasteiger partial charge in [0.25, 0.3) is 0 Å². The summed E-state index contributed by atoms with van der Waals surface area (Å²) in [5, 5.41) is 7.12. The van der Waals surface area contributed by atoms with Crippen molar-refractivity contribution in [2.24, 2.45) is 21.7 Å². The van der Waals surface area contributed by atoms with E-state index < -0.39 is 10.1 Å². The molecule has 0 heterocycles. The van der Waals surface area contributed by atoms with Crippen molar-refractivity contribution in [3.8, 4) is 5.75 Å². The van der Waals surface area contributed by atoms with Gasteiger partial charge in [0.05, 0.1) is 6.21 Å². The molecule has 7 nitrogen and oxygen atoms in total. The second-order valence-electron chi connectivity index (χ2n) is 4.69. The van der Waals surface area contributed by atoms with E-state index >= 15 is 0 Å². The van der Waals surface area contributed by atoms with Gasteiger partial charge in [0.2, 0.25) is 5.96 Å². The Morgan fingerprint density at radius 1 is 1.04 bits per heavy atom. The van der Waals surface area contributed by atoms with Crippen LogP contribution in [0.1, 0.15) is 11.1 Å². The van der Waals surface area contributed by atoms with Gasteiger partial charge in [-0.3, -0.25) is 0 Å². The van der Waals surface area contributed by atoms with Crippen molar-refractivity contribution >= 4 is 22.3 Å². The number of aryl methyl sites for hydroxylation is 1. The lowest BCUT2D eigenvalue weighted by atomic mass is 10.2. The fourth-order valence-corrected chi connectivity index (χ4v) is 2.58. The van der Waals surface area contributed by atoms with Crippen LogP contribution in [0.15, 0.2) is 63.6 Å². The van der Waals surface area contributed by atoms with Gasteiger partial charge in [0.15, 0.2) is 0 Å². The van der Waals surface area contributed by atoms with E-state index in [0.29, 0.717) is 5.56 Å². The highest BCUT2D eigenvalue weighted by atomic mass is 32.2. The van der Waals surface area contributed by atoms with E-state index in [0.717, 1.165) is 5.56 Å². The van der Waals surface area contributed by atoms with Crippen LogP contribution in [-0.2, 0) is 10.1 Å². The van der Waals surface area contributed by atoms with Crippen LogP contribution in [0.25, 0.3) is 0 Å². The molecule has 2 rings (SSSR count). The van der Waals surface area contributed by atoms with Crippen LogP contribution in [0, 0.1) is 6.92 Å². The SMILES string of the molecule is Cc1ccc(S(=O)(=O)Oc2ccc(C=NN=C(N)N)cc2)cc1. The lowest BCUT2D eigenvalue weighted by Crippen LogP contribution is -2.21. The third-order valence-electron chi connectivity index (χ3n) is 2.78. The first-order valence-electron chi connectivity index (χ1n) is 6.60. The van der Waals surface area contributed by atoms with Crippen LogP contribution in [-0.4, -0.2) is 20.6 Å². The van der Waals surface area contributed by atoms with Crippen LogP contribution in [0.5, 0.6) is 5.75 Å². The first-order chi connectivity index (χ1) is 10.9. The highest BCUT2D eigenvalue weighted by Gasteiger charge is 2.16. The number of hydrogen-bond acceptors (Lipinski definition) is 5. The van der Waals surface area contributed by atoms with Crippen LogP contribution < -0.4 is 15.7 Å². The van der Waals surface area contributed by atoms with E-state index in [1.165, 1.54) is 30.5 Å². The van der Waals surface area contributed by atoms with Crippen molar-refractivity contribution in [3.05, 3.63) is 59.7 Å². The molecule has 0 unspecified atom stereocenters. The summed E-state index contributed by atoms with van der Waals surface area (Å²) in [6, 6.07) is 12.7. The molecule has 0 amide bonds. The summed E-state index contributed by atoms with van der Waals surface area (Å²) in [5.41, 5.74) is 11.9. The average molecular weight is 332 g/mol. The molecule has 0 fully saturated rings. The zero-order chi connectivity index (χ0) is 16.9. The molecule has 0 bridgehead atoms. The van der Waals surface area contributed by atoms with Crippen LogP contribution >= 0.6 is 0 Å². The quantitative estimate of drug-likeness (QED) is 0.371. The van der Waals surface area contributed by atoms with E-state index in [1.807, 2.05) is 6.92 Å². The summed E-state index contributed by atoms with van der Waals surface area (Å²) >= 11 is 0. The highest BCUT2D eigenvalue weighted by Crippen LogP contribution is 2.19. The van der Waals surface area contributed by atoms with E-state index in [1.54, 1.807) is 24.3 Å². The number of hydrogen-bond donors (Lipinski definition) is 2. The molecule has 0 radical (unpaired) electrons. The molecule has 0 aromatic heterocycles. The Bertz CT molecular complexity index is 822. The maximum Gasteiger partial charge on any atom is 0.339 e. The number of rotatable bonds is 5. The number of nitrogens with two attached hydrogens (primary N) is 2. The van der Waals surface area contributed by atoms with Crippen molar-refractivity contribution in [3.63, 3.8) is 0 Å². The maximum absolute atomic E-state index is 12.2. The van der Waals surface area contributed by atoms with E-state index in [2.05, 4.69) is 10.2 Å². The molecule has 4 N–H and O–H groups in total. The van der Waals surface area contributed by atoms with Crippen molar-refractivity contribution in [1.82, 2.24) is 0 Å². The molecule has 23 heavy (non-hydrogen) atoms. The lowest BCUT2D eigenvalue weighted by Gasteiger charge is -2.07. The lowest BCUT2D eigenvalue weighted by molar-refractivity contribution is 0.486. The predicted octanol–water partition coefficient (Wildman–Crippen LogP) is 1.37. The minimum absolute atomic E-state index is 0.0986. The standard InChI is InChI=1S/C15H16N4O3S/c1-11-2-8-14(9-3-11)23(20,21)22-13-6-4-12(5-7-13)10-18-19-15(16)17/h2-10H,1H3,(H4,16,17,19). The third-order valence-corrected chi connectivity index (χ3v) is 4.04. The zero-order valence-electron chi connectivity index (χ0n) is 12.4. The second kappa shape index (κ2) is 6.93. The second-order valence-corrected chi connectivity index (χ2v) is 6.24. The highest BCUT2D eigenvalue weighted by molar-refractivity contribution is 7.87. The van der Waals surface area contributed by atoms with Gasteiger partial charge in [0, 0.05) is 0 Å². The van der Waals surface area contributed by atoms with Crippen LogP contribution in [0.3, 0.4) is 0 Å².